The lowest BCUT2D eigenvalue weighted by Crippen LogP contribution is -2.23. The van der Waals surface area contributed by atoms with Gasteiger partial charge in [-0.25, -0.2) is 23.7 Å². The average Bonchev–Trinajstić information content (AvgIpc) is 3.20. The zero-order valence-electron chi connectivity index (χ0n) is 14.9. The van der Waals surface area contributed by atoms with Crippen LogP contribution >= 0.6 is 0 Å². The molecular weight excluding hydrogens is 376 g/mol. The van der Waals surface area contributed by atoms with E-state index in [1.165, 1.54) is 24.7 Å². The molecule has 0 bridgehead atoms. The van der Waals surface area contributed by atoms with E-state index in [2.05, 4.69) is 19.9 Å². The number of hydrogen-bond acceptors (Lipinski definition) is 4. The lowest BCUT2D eigenvalue weighted by atomic mass is 10.0. The highest BCUT2D eigenvalue weighted by atomic mass is 19.1. The van der Waals surface area contributed by atoms with Crippen LogP contribution < -0.4 is 5.56 Å². The number of nitrogens with one attached hydrogen (secondary N) is 1. The minimum Gasteiger partial charge on any atom is -0.346 e. The Morgan fingerprint density at radius 1 is 1.00 bits per heavy atom. The first-order valence-corrected chi connectivity index (χ1v) is 8.82. The van der Waals surface area contributed by atoms with Gasteiger partial charge in [0.15, 0.2) is 5.52 Å². The molecule has 0 spiro atoms. The molecule has 0 aliphatic heterocycles. The predicted octanol–water partition coefficient (Wildman–Crippen LogP) is 3.66. The molecule has 5 rings (SSSR count). The molecule has 0 unspecified atom stereocenters. The second-order valence-corrected chi connectivity index (χ2v) is 6.61. The second kappa shape index (κ2) is 6.59. The third kappa shape index (κ3) is 2.94. The van der Waals surface area contributed by atoms with E-state index in [1.807, 2.05) is 6.07 Å². The fourth-order valence-electron chi connectivity index (χ4n) is 3.29. The Morgan fingerprint density at radius 3 is 2.66 bits per heavy atom. The number of pyridine rings is 2. The first-order valence-electron chi connectivity index (χ1n) is 8.82. The van der Waals surface area contributed by atoms with E-state index >= 15 is 0 Å². The molecule has 1 N–H and O–H groups in total. The molecular formula is C21H13F2N5O. The minimum atomic E-state index is -0.748. The molecule has 8 heteroatoms. The van der Waals surface area contributed by atoms with Crippen molar-refractivity contribution in [3.63, 3.8) is 0 Å². The Morgan fingerprint density at radius 2 is 1.83 bits per heavy atom. The summed E-state index contributed by atoms with van der Waals surface area (Å²) in [6.07, 6.45) is 6.04. The van der Waals surface area contributed by atoms with E-state index in [-0.39, 0.29) is 17.6 Å². The quantitative estimate of drug-likeness (QED) is 0.511. The number of aromatic nitrogens is 5. The molecule has 6 nitrogen and oxygen atoms in total. The molecule has 0 radical (unpaired) electrons. The molecule has 142 valence electrons. The fraction of sp³-hybridized carbons (Fsp3) is 0.0476. The fourth-order valence-corrected chi connectivity index (χ4v) is 3.29. The smallest absolute Gasteiger partial charge is 0.280 e. The highest BCUT2D eigenvalue weighted by Crippen LogP contribution is 2.26. The van der Waals surface area contributed by atoms with Crippen LogP contribution in [0.5, 0.6) is 0 Å². The van der Waals surface area contributed by atoms with Crippen molar-refractivity contribution < 1.29 is 8.78 Å². The van der Waals surface area contributed by atoms with Gasteiger partial charge < -0.3 is 4.98 Å². The molecule has 5 aromatic rings. The summed E-state index contributed by atoms with van der Waals surface area (Å²) in [6.45, 7) is -0.286. The summed E-state index contributed by atoms with van der Waals surface area (Å²) in [4.78, 5) is 27.9. The van der Waals surface area contributed by atoms with Gasteiger partial charge in [0.2, 0.25) is 0 Å². The first kappa shape index (κ1) is 17.2. The predicted molar refractivity (Wildman–Crippen MR) is 104 cm³/mol. The molecule has 4 aromatic heterocycles. The summed E-state index contributed by atoms with van der Waals surface area (Å²) in [5, 5.41) is 0.841. The molecule has 4 heterocycles. The van der Waals surface area contributed by atoms with Gasteiger partial charge in [0.05, 0.1) is 18.4 Å². The summed E-state index contributed by atoms with van der Waals surface area (Å²) < 4.78 is 30.7. The summed E-state index contributed by atoms with van der Waals surface area (Å²) in [5.74, 6) is -1.50. The van der Waals surface area contributed by atoms with Crippen LogP contribution in [0.15, 0.2) is 66.1 Å². The molecule has 29 heavy (non-hydrogen) atoms. The van der Waals surface area contributed by atoms with Crippen LogP contribution in [-0.4, -0.2) is 24.5 Å². The Bertz CT molecular complexity index is 1420. The van der Waals surface area contributed by atoms with Gasteiger partial charge in [-0.15, -0.1) is 0 Å². The number of nitrogens with zero attached hydrogens (tertiary/aromatic N) is 4. The minimum absolute atomic E-state index is 0.151. The van der Waals surface area contributed by atoms with Crippen molar-refractivity contribution in [2.45, 2.75) is 6.54 Å². The number of rotatable bonds is 3. The van der Waals surface area contributed by atoms with E-state index in [0.29, 0.717) is 22.3 Å². The normalized spacial score (nSPS) is 11.4. The van der Waals surface area contributed by atoms with Crippen LogP contribution in [0.3, 0.4) is 0 Å². The van der Waals surface area contributed by atoms with E-state index in [9.17, 15) is 13.6 Å². The Balaban J connectivity index is 1.55. The van der Waals surface area contributed by atoms with Crippen LogP contribution in [0.4, 0.5) is 8.78 Å². The van der Waals surface area contributed by atoms with Gasteiger partial charge in [0.1, 0.15) is 17.3 Å². The van der Waals surface area contributed by atoms with Crippen molar-refractivity contribution in [3.05, 3.63) is 88.9 Å². The van der Waals surface area contributed by atoms with Gasteiger partial charge in [0.25, 0.3) is 5.56 Å². The topological polar surface area (TPSA) is 76.5 Å². The molecule has 0 fully saturated rings. The SMILES string of the molecule is O=c1c2ncccc2ncn1Cc1c(F)cc(-c2cnc3[nH]ccc3c2)cc1F. The summed E-state index contributed by atoms with van der Waals surface area (Å²) in [7, 11) is 0. The number of hydrogen-bond donors (Lipinski definition) is 1. The van der Waals surface area contributed by atoms with Crippen molar-refractivity contribution in [1.29, 1.82) is 0 Å². The Kier molecular flexibility index (Phi) is 3.90. The van der Waals surface area contributed by atoms with Gasteiger partial charge >= 0.3 is 0 Å². The van der Waals surface area contributed by atoms with Crippen LogP contribution in [-0.2, 0) is 6.54 Å². The third-order valence-corrected chi connectivity index (χ3v) is 4.79. The summed E-state index contributed by atoms with van der Waals surface area (Å²) >= 11 is 0. The van der Waals surface area contributed by atoms with E-state index in [0.717, 1.165) is 9.95 Å². The van der Waals surface area contributed by atoms with Crippen molar-refractivity contribution in [2.24, 2.45) is 0 Å². The number of benzene rings is 1. The molecule has 0 atom stereocenters. The highest BCUT2D eigenvalue weighted by Gasteiger charge is 2.15. The highest BCUT2D eigenvalue weighted by molar-refractivity contribution is 5.81. The number of fused-ring (bicyclic) bond motifs is 2. The largest absolute Gasteiger partial charge is 0.346 e. The first-order chi connectivity index (χ1) is 14.1. The van der Waals surface area contributed by atoms with Crippen LogP contribution in [0, 0.1) is 11.6 Å². The molecule has 0 aliphatic carbocycles. The van der Waals surface area contributed by atoms with Gasteiger partial charge in [0, 0.05) is 35.1 Å². The Labute approximate surface area is 162 Å². The maximum atomic E-state index is 14.8. The summed E-state index contributed by atoms with van der Waals surface area (Å²) in [5.41, 5.74) is 1.56. The summed E-state index contributed by atoms with van der Waals surface area (Å²) in [6, 6.07) is 9.43. The van der Waals surface area contributed by atoms with Gasteiger partial charge in [-0.3, -0.25) is 9.36 Å². The lowest BCUT2D eigenvalue weighted by molar-refractivity contribution is 0.541. The molecule has 0 aliphatic rings. The molecule has 0 saturated carbocycles. The molecule has 0 saturated heterocycles. The van der Waals surface area contributed by atoms with E-state index in [4.69, 9.17) is 0 Å². The van der Waals surface area contributed by atoms with Crippen LogP contribution in [0.2, 0.25) is 0 Å². The van der Waals surface area contributed by atoms with Crippen molar-refractivity contribution in [3.8, 4) is 11.1 Å². The van der Waals surface area contributed by atoms with Crippen LogP contribution in [0.25, 0.3) is 33.2 Å². The zero-order valence-corrected chi connectivity index (χ0v) is 14.9. The van der Waals surface area contributed by atoms with Gasteiger partial charge in [-0.1, -0.05) is 0 Å². The average molecular weight is 389 g/mol. The van der Waals surface area contributed by atoms with Gasteiger partial charge in [-0.2, -0.15) is 0 Å². The number of H-pyrrole nitrogens is 1. The van der Waals surface area contributed by atoms with Gasteiger partial charge in [-0.05, 0) is 42.0 Å². The maximum absolute atomic E-state index is 14.8. The zero-order chi connectivity index (χ0) is 20.0. The lowest BCUT2D eigenvalue weighted by Gasteiger charge is -2.10. The second-order valence-electron chi connectivity index (χ2n) is 6.61. The monoisotopic (exact) mass is 389 g/mol. The third-order valence-electron chi connectivity index (χ3n) is 4.79. The standard InChI is InChI=1S/C21H13F2N5O/c22-16-7-13(14-6-12-3-5-25-20(12)26-9-14)8-17(23)15(16)10-28-11-27-18-2-1-4-24-19(18)21(28)29/h1-9,11H,10H2,(H,25,26). The number of aromatic amines is 1. The van der Waals surface area contributed by atoms with Crippen LogP contribution in [0.1, 0.15) is 5.56 Å². The van der Waals surface area contributed by atoms with E-state index in [1.54, 1.807) is 30.6 Å². The maximum Gasteiger partial charge on any atom is 0.280 e. The number of halogens is 2. The van der Waals surface area contributed by atoms with Crippen molar-refractivity contribution in [2.75, 3.05) is 0 Å². The Hall–Kier alpha value is -3.94. The van der Waals surface area contributed by atoms with Crippen molar-refractivity contribution >= 4 is 22.1 Å². The molecule has 0 amide bonds. The molecule has 1 aromatic carbocycles. The van der Waals surface area contributed by atoms with E-state index < -0.39 is 17.2 Å². The van der Waals surface area contributed by atoms with Crippen molar-refractivity contribution in [1.82, 2.24) is 24.5 Å².